The van der Waals surface area contributed by atoms with E-state index in [2.05, 4.69) is 6.07 Å². The molecule has 3 heteroatoms. The van der Waals surface area contributed by atoms with Crippen LogP contribution >= 0.6 is 11.8 Å². The summed E-state index contributed by atoms with van der Waals surface area (Å²) in [7, 11) is 1.81. The molecule has 0 bridgehead atoms. The first-order valence-corrected chi connectivity index (χ1v) is 6.76. The number of anilines is 1. The molecule has 0 radical (unpaired) electrons. The van der Waals surface area contributed by atoms with Crippen molar-refractivity contribution in [2.75, 3.05) is 11.9 Å². The predicted molar refractivity (Wildman–Crippen MR) is 74.2 cm³/mol. The largest absolute Gasteiger partial charge is 0.306 e. The molecule has 1 aliphatic heterocycles. The molecule has 1 aromatic rings. The van der Waals surface area contributed by atoms with Crippen LogP contribution in [0.15, 0.2) is 24.3 Å². The van der Waals surface area contributed by atoms with Crippen LogP contribution in [0.25, 0.3) is 0 Å². The van der Waals surface area contributed by atoms with Gasteiger partial charge < -0.3 is 4.90 Å². The number of carbonyl (C=O) groups is 1. The Labute approximate surface area is 103 Å². The zero-order chi connectivity index (χ0) is 12.6. The maximum atomic E-state index is 11.2. The molecule has 0 atom stereocenters. The van der Waals surface area contributed by atoms with Crippen molar-refractivity contribution in [2.45, 2.75) is 33.4 Å². The monoisotopic (exact) mass is 239 g/mol. The Bertz CT molecular complexity index is 325. The van der Waals surface area contributed by atoms with E-state index in [4.69, 9.17) is 0 Å². The molecule has 90 valence electrons. The third kappa shape index (κ3) is 3.56. The molecule has 0 fully saturated rings. The minimum Gasteiger partial charge on any atom is -0.306 e. The maximum absolute atomic E-state index is 11.2. The van der Waals surface area contributed by atoms with Crippen LogP contribution in [0.1, 0.15) is 33.3 Å². The minimum absolute atomic E-state index is 0.133. The summed E-state index contributed by atoms with van der Waals surface area (Å²) in [5, 5.41) is 0.133. The van der Waals surface area contributed by atoms with Crippen molar-refractivity contribution >= 4 is 22.7 Å². The van der Waals surface area contributed by atoms with Gasteiger partial charge in [-0.2, -0.15) is 0 Å². The highest BCUT2D eigenvalue weighted by Crippen LogP contribution is 2.31. The summed E-state index contributed by atoms with van der Waals surface area (Å²) in [4.78, 5) is 12.9. The second-order valence-electron chi connectivity index (χ2n) is 2.74. The van der Waals surface area contributed by atoms with Gasteiger partial charge in [0.25, 0.3) is 5.24 Å². The van der Waals surface area contributed by atoms with Crippen LogP contribution in [0.3, 0.4) is 0 Å². The van der Waals surface area contributed by atoms with Gasteiger partial charge in [0.2, 0.25) is 0 Å². The topological polar surface area (TPSA) is 20.3 Å². The van der Waals surface area contributed by atoms with Gasteiger partial charge in [0.05, 0.1) is 0 Å². The van der Waals surface area contributed by atoms with E-state index in [0.29, 0.717) is 0 Å². The summed E-state index contributed by atoms with van der Waals surface area (Å²) < 4.78 is 0. The average Bonchev–Trinajstić information content (AvgIpc) is 2.39. The molecule has 2 nitrogen and oxygen atoms in total. The molecule has 0 saturated heterocycles. The lowest BCUT2D eigenvalue weighted by atomic mass is 10.2. The molecule has 1 amide bonds. The fourth-order valence-corrected chi connectivity index (χ4v) is 2.11. The molecular formula is C13H21NOS. The zero-order valence-electron chi connectivity index (χ0n) is 10.8. The van der Waals surface area contributed by atoms with Gasteiger partial charge in [-0.25, -0.2) is 0 Å². The smallest absolute Gasteiger partial charge is 0.286 e. The molecule has 1 aromatic carbocycles. The first-order valence-electron chi connectivity index (χ1n) is 5.77. The highest BCUT2D eigenvalue weighted by atomic mass is 32.2. The quantitative estimate of drug-likeness (QED) is 0.662. The first-order chi connectivity index (χ1) is 7.79. The van der Waals surface area contributed by atoms with Crippen molar-refractivity contribution in [1.82, 2.24) is 0 Å². The van der Waals surface area contributed by atoms with Crippen molar-refractivity contribution in [3.05, 3.63) is 29.8 Å². The second kappa shape index (κ2) is 8.22. The Hall–Kier alpha value is -0.960. The van der Waals surface area contributed by atoms with E-state index in [-0.39, 0.29) is 5.24 Å². The predicted octanol–water partition coefficient (Wildman–Crippen LogP) is 4.54. The van der Waals surface area contributed by atoms with E-state index < -0.39 is 0 Å². The lowest BCUT2D eigenvalue weighted by Gasteiger charge is -2.24. The molecular weight excluding hydrogens is 218 g/mol. The fraction of sp³-hybridized carbons (Fsp3) is 0.462. The van der Waals surface area contributed by atoms with E-state index in [1.54, 1.807) is 4.90 Å². The molecule has 16 heavy (non-hydrogen) atoms. The summed E-state index contributed by atoms with van der Waals surface area (Å²) >= 11 is 1.36. The molecule has 0 saturated carbocycles. The normalized spacial score (nSPS) is 12.8. The van der Waals surface area contributed by atoms with Gasteiger partial charge in [-0.05, 0) is 11.6 Å². The summed E-state index contributed by atoms with van der Waals surface area (Å²) in [6.07, 6.45) is 0. The molecule has 1 heterocycles. The molecule has 1 aliphatic rings. The van der Waals surface area contributed by atoms with E-state index >= 15 is 0 Å². The number of thioether (sulfide) groups is 1. The second-order valence-corrected chi connectivity index (χ2v) is 3.67. The van der Waals surface area contributed by atoms with Crippen LogP contribution in [-0.2, 0) is 5.75 Å². The lowest BCUT2D eigenvalue weighted by Crippen LogP contribution is -2.26. The fourth-order valence-electron chi connectivity index (χ4n) is 1.29. The highest BCUT2D eigenvalue weighted by molar-refractivity contribution is 8.13. The SMILES string of the molecule is CC.CC.CN1C(=O)SCc2ccccc21. The maximum Gasteiger partial charge on any atom is 0.286 e. The van der Waals surface area contributed by atoms with Gasteiger partial charge in [-0.15, -0.1) is 0 Å². The lowest BCUT2D eigenvalue weighted by molar-refractivity contribution is 0.266. The molecule has 0 N–H and O–H groups in total. The van der Waals surface area contributed by atoms with Crippen molar-refractivity contribution in [2.24, 2.45) is 0 Å². The number of nitrogens with zero attached hydrogens (tertiary/aromatic N) is 1. The van der Waals surface area contributed by atoms with Gasteiger partial charge in [0, 0.05) is 18.5 Å². The van der Waals surface area contributed by atoms with Crippen molar-refractivity contribution < 1.29 is 4.79 Å². The minimum atomic E-state index is 0.133. The number of carbonyl (C=O) groups excluding carboxylic acids is 1. The summed E-state index contributed by atoms with van der Waals surface area (Å²) in [5.74, 6) is 0.805. The third-order valence-corrected chi connectivity index (χ3v) is 2.95. The van der Waals surface area contributed by atoms with Crippen LogP contribution in [0.2, 0.25) is 0 Å². The zero-order valence-corrected chi connectivity index (χ0v) is 11.6. The Balaban J connectivity index is 0.000000509. The van der Waals surface area contributed by atoms with E-state index in [0.717, 1.165) is 11.4 Å². The molecule has 0 aromatic heterocycles. The number of fused-ring (bicyclic) bond motifs is 1. The van der Waals surface area contributed by atoms with Crippen LogP contribution < -0.4 is 4.90 Å². The van der Waals surface area contributed by atoms with Crippen molar-refractivity contribution in [3.8, 4) is 0 Å². The van der Waals surface area contributed by atoms with Crippen LogP contribution in [0.4, 0.5) is 10.5 Å². The van der Waals surface area contributed by atoms with Crippen molar-refractivity contribution in [3.63, 3.8) is 0 Å². The Morgan fingerprint density at radius 1 is 1.12 bits per heavy atom. The van der Waals surface area contributed by atoms with Gasteiger partial charge in [0.15, 0.2) is 0 Å². The molecule has 0 unspecified atom stereocenters. The number of amides is 1. The number of benzene rings is 1. The highest BCUT2D eigenvalue weighted by Gasteiger charge is 2.20. The summed E-state index contributed by atoms with van der Waals surface area (Å²) in [6, 6.07) is 8.00. The summed E-state index contributed by atoms with van der Waals surface area (Å²) in [6.45, 7) is 8.00. The number of hydrogen-bond donors (Lipinski definition) is 0. The number of hydrogen-bond acceptors (Lipinski definition) is 2. The van der Waals surface area contributed by atoms with Gasteiger partial charge in [-0.1, -0.05) is 57.7 Å². The Morgan fingerprint density at radius 2 is 1.69 bits per heavy atom. The number of para-hydroxylation sites is 1. The Morgan fingerprint density at radius 3 is 2.31 bits per heavy atom. The van der Waals surface area contributed by atoms with E-state index in [9.17, 15) is 4.79 Å². The van der Waals surface area contributed by atoms with Crippen molar-refractivity contribution in [1.29, 1.82) is 0 Å². The standard InChI is InChI=1S/C9H9NOS.2C2H6/c1-10-8-5-3-2-4-7(8)6-12-9(10)11;2*1-2/h2-5H,6H2,1H3;2*1-2H3. The first kappa shape index (κ1) is 15.0. The van der Waals surface area contributed by atoms with Crippen LogP contribution in [-0.4, -0.2) is 12.3 Å². The van der Waals surface area contributed by atoms with Gasteiger partial charge >= 0.3 is 0 Å². The molecule has 2 rings (SSSR count). The molecule has 0 spiro atoms. The Kier molecular flexibility index (Phi) is 7.73. The average molecular weight is 239 g/mol. The van der Waals surface area contributed by atoms with E-state index in [1.807, 2.05) is 52.9 Å². The van der Waals surface area contributed by atoms with Gasteiger partial charge in [0.1, 0.15) is 0 Å². The summed E-state index contributed by atoms with van der Waals surface area (Å²) in [5.41, 5.74) is 2.28. The molecule has 0 aliphatic carbocycles. The van der Waals surface area contributed by atoms with E-state index in [1.165, 1.54) is 17.3 Å². The third-order valence-electron chi connectivity index (χ3n) is 1.98. The number of rotatable bonds is 0. The van der Waals surface area contributed by atoms with Crippen LogP contribution in [0, 0.1) is 0 Å². The van der Waals surface area contributed by atoms with Crippen LogP contribution in [0.5, 0.6) is 0 Å². The van der Waals surface area contributed by atoms with Gasteiger partial charge in [-0.3, -0.25) is 4.79 Å².